The summed E-state index contributed by atoms with van der Waals surface area (Å²) in [7, 11) is 0. The fraction of sp³-hybridized carbons (Fsp3) is 0.750. The summed E-state index contributed by atoms with van der Waals surface area (Å²) < 4.78 is 0. The molecule has 1 rings (SSSR count). The highest BCUT2D eigenvalue weighted by molar-refractivity contribution is 5.01. The van der Waals surface area contributed by atoms with Crippen molar-refractivity contribution in [3.05, 3.63) is 12.3 Å². The molecule has 0 saturated carbocycles. The molecule has 1 saturated heterocycles. The van der Waals surface area contributed by atoms with Crippen LogP contribution in [-0.2, 0) is 0 Å². The first-order valence-corrected chi connectivity index (χ1v) is 3.64. The van der Waals surface area contributed by atoms with Crippen molar-refractivity contribution >= 4 is 0 Å². The molecule has 1 atom stereocenters. The third-order valence-corrected chi connectivity index (χ3v) is 1.95. The van der Waals surface area contributed by atoms with E-state index in [0.29, 0.717) is 6.04 Å². The van der Waals surface area contributed by atoms with Crippen molar-refractivity contribution in [2.45, 2.75) is 32.7 Å². The van der Waals surface area contributed by atoms with Crippen molar-refractivity contribution in [2.75, 3.05) is 0 Å². The molecule has 1 N–H and O–H groups in total. The maximum absolute atomic E-state index is 3.88. The average molecular weight is 125 g/mol. The van der Waals surface area contributed by atoms with Gasteiger partial charge in [0.05, 0.1) is 0 Å². The first-order chi connectivity index (χ1) is 4.20. The third kappa shape index (κ3) is 1.47. The SMILES string of the molecule is C=C1CC[C@H](C(C)C)N1. The summed E-state index contributed by atoms with van der Waals surface area (Å²) in [5.41, 5.74) is 1.22. The number of rotatable bonds is 1. The lowest BCUT2D eigenvalue weighted by Crippen LogP contribution is -2.25. The van der Waals surface area contributed by atoms with Gasteiger partial charge in [0.2, 0.25) is 0 Å². The molecule has 0 aromatic heterocycles. The first kappa shape index (κ1) is 6.66. The van der Waals surface area contributed by atoms with Crippen molar-refractivity contribution in [1.29, 1.82) is 0 Å². The summed E-state index contributed by atoms with van der Waals surface area (Å²) in [6.45, 7) is 8.37. The Hall–Kier alpha value is -0.460. The predicted molar refractivity (Wildman–Crippen MR) is 40.1 cm³/mol. The van der Waals surface area contributed by atoms with Gasteiger partial charge in [-0.25, -0.2) is 0 Å². The van der Waals surface area contributed by atoms with Crippen LogP contribution in [0.15, 0.2) is 12.3 Å². The zero-order valence-electron chi connectivity index (χ0n) is 6.28. The Morgan fingerprint density at radius 2 is 2.33 bits per heavy atom. The summed E-state index contributed by atoms with van der Waals surface area (Å²) in [4.78, 5) is 0. The standard InChI is InChI=1S/C8H15N/c1-6(2)8-5-4-7(3)9-8/h6,8-9H,3-5H2,1-2H3/t8-/m1/s1. The van der Waals surface area contributed by atoms with Crippen molar-refractivity contribution in [3.63, 3.8) is 0 Å². The normalized spacial score (nSPS) is 27.0. The van der Waals surface area contributed by atoms with E-state index in [1.807, 2.05) is 0 Å². The summed E-state index contributed by atoms with van der Waals surface area (Å²) in [6, 6.07) is 0.692. The van der Waals surface area contributed by atoms with Crippen LogP contribution in [0.25, 0.3) is 0 Å². The smallest absolute Gasteiger partial charge is 0.0284 e. The molecule has 1 fully saturated rings. The Bertz CT molecular complexity index is 116. The van der Waals surface area contributed by atoms with Crippen molar-refractivity contribution in [1.82, 2.24) is 5.32 Å². The molecule has 1 aliphatic rings. The molecule has 0 unspecified atom stereocenters. The van der Waals surface area contributed by atoms with E-state index in [1.165, 1.54) is 18.5 Å². The minimum Gasteiger partial charge on any atom is -0.386 e. The van der Waals surface area contributed by atoms with E-state index in [0.717, 1.165) is 5.92 Å². The molecular formula is C8H15N. The average Bonchev–Trinajstić information content (AvgIpc) is 2.14. The van der Waals surface area contributed by atoms with Crippen LogP contribution >= 0.6 is 0 Å². The van der Waals surface area contributed by atoms with Gasteiger partial charge in [-0.3, -0.25) is 0 Å². The third-order valence-electron chi connectivity index (χ3n) is 1.95. The molecule has 0 aromatic rings. The second-order valence-corrected chi connectivity index (χ2v) is 3.14. The van der Waals surface area contributed by atoms with Gasteiger partial charge >= 0.3 is 0 Å². The quantitative estimate of drug-likeness (QED) is 0.564. The van der Waals surface area contributed by atoms with Crippen LogP contribution < -0.4 is 5.32 Å². The van der Waals surface area contributed by atoms with Crippen LogP contribution in [0.4, 0.5) is 0 Å². The van der Waals surface area contributed by atoms with Crippen LogP contribution in [-0.4, -0.2) is 6.04 Å². The summed E-state index contributed by atoms with van der Waals surface area (Å²) in [5.74, 6) is 0.754. The lowest BCUT2D eigenvalue weighted by Gasteiger charge is -2.14. The van der Waals surface area contributed by atoms with Gasteiger partial charge in [-0.15, -0.1) is 0 Å². The van der Waals surface area contributed by atoms with E-state index in [1.54, 1.807) is 0 Å². The predicted octanol–water partition coefficient (Wildman–Crippen LogP) is 1.91. The Kier molecular flexibility index (Phi) is 1.79. The molecule has 0 aliphatic carbocycles. The highest BCUT2D eigenvalue weighted by atomic mass is 15.0. The number of hydrogen-bond acceptors (Lipinski definition) is 1. The summed E-state index contributed by atoms with van der Waals surface area (Å²) >= 11 is 0. The lowest BCUT2D eigenvalue weighted by molar-refractivity contribution is 0.459. The van der Waals surface area contributed by atoms with Crippen molar-refractivity contribution < 1.29 is 0 Å². The van der Waals surface area contributed by atoms with Crippen LogP contribution in [0.3, 0.4) is 0 Å². The van der Waals surface area contributed by atoms with E-state index >= 15 is 0 Å². The Morgan fingerprint density at radius 1 is 1.67 bits per heavy atom. The number of hydrogen-bond donors (Lipinski definition) is 1. The summed E-state index contributed by atoms with van der Waals surface area (Å²) in [6.07, 6.45) is 2.44. The van der Waals surface area contributed by atoms with Gasteiger partial charge in [0.25, 0.3) is 0 Å². The van der Waals surface area contributed by atoms with Gasteiger partial charge in [-0.1, -0.05) is 20.4 Å². The monoisotopic (exact) mass is 125 g/mol. The molecule has 0 amide bonds. The zero-order chi connectivity index (χ0) is 6.85. The van der Waals surface area contributed by atoms with Crippen molar-refractivity contribution in [3.8, 4) is 0 Å². The molecule has 0 bridgehead atoms. The molecular weight excluding hydrogens is 110 g/mol. The molecule has 1 heteroatoms. The maximum atomic E-state index is 3.88. The Morgan fingerprint density at radius 3 is 2.56 bits per heavy atom. The lowest BCUT2D eigenvalue weighted by atomic mass is 10.0. The molecule has 1 heterocycles. The minimum absolute atomic E-state index is 0.692. The topological polar surface area (TPSA) is 12.0 Å². The Labute approximate surface area is 57.1 Å². The van der Waals surface area contributed by atoms with E-state index < -0.39 is 0 Å². The highest BCUT2D eigenvalue weighted by Crippen LogP contribution is 2.19. The van der Waals surface area contributed by atoms with E-state index in [-0.39, 0.29) is 0 Å². The molecule has 0 radical (unpaired) electrons. The number of allylic oxidation sites excluding steroid dienone is 1. The van der Waals surface area contributed by atoms with Crippen LogP contribution in [0, 0.1) is 5.92 Å². The largest absolute Gasteiger partial charge is 0.386 e. The molecule has 1 aliphatic heterocycles. The summed E-state index contributed by atoms with van der Waals surface area (Å²) in [5, 5.41) is 3.36. The highest BCUT2D eigenvalue weighted by Gasteiger charge is 2.18. The van der Waals surface area contributed by atoms with Gasteiger partial charge in [-0.05, 0) is 18.8 Å². The van der Waals surface area contributed by atoms with Gasteiger partial charge in [0.15, 0.2) is 0 Å². The van der Waals surface area contributed by atoms with Crippen LogP contribution in [0.1, 0.15) is 26.7 Å². The zero-order valence-corrected chi connectivity index (χ0v) is 6.28. The van der Waals surface area contributed by atoms with Gasteiger partial charge in [0, 0.05) is 11.7 Å². The fourth-order valence-electron chi connectivity index (χ4n) is 1.24. The molecule has 9 heavy (non-hydrogen) atoms. The maximum Gasteiger partial charge on any atom is 0.0284 e. The molecule has 0 aromatic carbocycles. The second kappa shape index (κ2) is 2.42. The first-order valence-electron chi connectivity index (χ1n) is 3.64. The van der Waals surface area contributed by atoms with Crippen molar-refractivity contribution in [2.24, 2.45) is 5.92 Å². The molecule has 52 valence electrons. The Balaban J connectivity index is 2.39. The van der Waals surface area contributed by atoms with E-state index in [9.17, 15) is 0 Å². The van der Waals surface area contributed by atoms with E-state index in [4.69, 9.17) is 0 Å². The number of nitrogens with one attached hydrogen (secondary N) is 1. The van der Waals surface area contributed by atoms with Gasteiger partial charge in [-0.2, -0.15) is 0 Å². The van der Waals surface area contributed by atoms with Gasteiger partial charge < -0.3 is 5.32 Å². The second-order valence-electron chi connectivity index (χ2n) is 3.14. The fourth-order valence-corrected chi connectivity index (χ4v) is 1.24. The van der Waals surface area contributed by atoms with Crippen LogP contribution in [0.2, 0.25) is 0 Å². The van der Waals surface area contributed by atoms with Gasteiger partial charge in [0.1, 0.15) is 0 Å². The minimum atomic E-state index is 0.692. The van der Waals surface area contributed by atoms with E-state index in [2.05, 4.69) is 25.7 Å². The molecule has 1 nitrogen and oxygen atoms in total. The van der Waals surface area contributed by atoms with Crippen LogP contribution in [0.5, 0.6) is 0 Å². The molecule has 0 spiro atoms.